The van der Waals surface area contributed by atoms with Crippen molar-refractivity contribution >= 4 is 37.9 Å². The minimum absolute atomic E-state index is 0.956. The van der Waals surface area contributed by atoms with Gasteiger partial charge in [-0.25, -0.2) is 4.98 Å². The monoisotopic (exact) mass is 551 g/mol. The fourth-order valence-corrected chi connectivity index (χ4v) is 5.47. The first-order chi connectivity index (χ1) is 18.7. The second-order valence-electron chi connectivity index (χ2n) is 9.28. The predicted molar refractivity (Wildman–Crippen MR) is 160 cm³/mol. The van der Waals surface area contributed by atoms with Gasteiger partial charge >= 0.3 is 0 Å². The van der Waals surface area contributed by atoms with Crippen molar-refractivity contribution < 1.29 is 0 Å². The maximum atomic E-state index is 5.04. The Morgan fingerprint density at radius 3 is 1.92 bits per heavy atom. The van der Waals surface area contributed by atoms with E-state index in [0.717, 1.165) is 65.7 Å². The van der Waals surface area contributed by atoms with Crippen LogP contribution in [0.2, 0.25) is 0 Å². The molecule has 0 aliphatic heterocycles. The van der Waals surface area contributed by atoms with Crippen LogP contribution in [-0.2, 0) is 0 Å². The number of halogens is 1. The smallest absolute Gasteiger partial charge is 0.0963 e. The zero-order valence-corrected chi connectivity index (χ0v) is 22.0. The van der Waals surface area contributed by atoms with E-state index >= 15 is 0 Å². The summed E-state index contributed by atoms with van der Waals surface area (Å²) in [5, 5.41) is 1.14. The molecule has 0 radical (unpaired) electrons. The van der Waals surface area contributed by atoms with Gasteiger partial charge in [0.25, 0.3) is 0 Å². The van der Waals surface area contributed by atoms with Gasteiger partial charge in [0, 0.05) is 32.9 Å². The average Bonchev–Trinajstić information content (AvgIpc) is 3.31. The molecule has 0 saturated heterocycles. The number of nitrogens with zero attached hydrogens (tertiary/aromatic N) is 3. The van der Waals surface area contributed by atoms with E-state index in [0.29, 0.717) is 0 Å². The van der Waals surface area contributed by atoms with Crippen LogP contribution in [0, 0.1) is 0 Å². The molecule has 3 nitrogen and oxygen atoms in total. The molecule has 0 aliphatic carbocycles. The number of benzene rings is 4. The van der Waals surface area contributed by atoms with Gasteiger partial charge in [0.15, 0.2) is 0 Å². The van der Waals surface area contributed by atoms with Crippen LogP contribution in [0.1, 0.15) is 0 Å². The highest BCUT2D eigenvalue weighted by Gasteiger charge is 2.15. The molecule has 0 N–H and O–H groups in total. The molecule has 0 atom stereocenters. The SMILES string of the molecule is Brc1ccc2c3ncccc3n(-c3cccc(-c4cc(-c5ccccc5)nc(-c5ccccc5)c4)c3)c2c1. The first kappa shape index (κ1) is 22.6. The van der Waals surface area contributed by atoms with E-state index in [-0.39, 0.29) is 0 Å². The van der Waals surface area contributed by atoms with E-state index < -0.39 is 0 Å². The van der Waals surface area contributed by atoms with Gasteiger partial charge in [-0.3, -0.25) is 4.98 Å². The van der Waals surface area contributed by atoms with Crippen LogP contribution in [0.3, 0.4) is 0 Å². The van der Waals surface area contributed by atoms with Crippen molar-refractivity contribution in [1.29, 1.82) is 0 Å². The predicted octanol–water partition coefficient (Wildman–Crippen LogP) is 9.34. The largest absolute Gasteiger partial charge is 0.308 e. The van der Waals surface area contributed by atoms with Gasteiger partial charge in [0.05, 0.1) is 27.9 Å². The number of hydrogen-bond donors (Lipinski definition) is 0. The van der Waals surface area contributed by atoms with E-state index in [1.807, 2.05) is 24.4 Å². The van der Waals surface area contributed by atoms with E-state index in [9.17, 15) is 0 Å². The highest BCUT2D eigenvalue weighted by Crippen LogP contribution is 2.35. The highest BCUT2D eigenvalue weighted by molar-refractivity contribution is 9.10. The van der Waals surface area contributed by atoms with Crippen molar-refractivity contribution in [2.45, 2.75) is 0 Å². The Balaban J connectivity index is 1.44. The van der Waals surface area contributed by atoms with E-state index in [2.05, 4.69) is 130 Å². The Bertz CT molecular complexity index is 1870. The van der Waals surface area contributed by atoms with Crippen molar-refractivity contribution in [1.82, 2.24) is 14.5 Å². The summed E-state index contributed by atoms with van der Waals surface area (Å²) >= 11 is 3.67. The topological polar surface area (TPSA) is 30.7 Å². The number of fused-ring (bicyclic) bond motifs is 3. The maximum Gasteiger partial charge on any atom is 0.0963 e. The Kier molecular flexibility index (Phi) is 5.60. The van der Waals surface area contributed by atoms with Gasteiger partial charge in [0.1, 0.15) is 0 Å². The molecular weight excluding hydrogens is 530 g/mol. The summed E-state index contributed by atoms with van der Waals surface area (Å²) in [6.45, 7) is 0. The summed E-state index contributed by atoms with van der Waals surface area (Å²) in [4.78, 5) is 9.76. The van der Waals surface area contributed by atoms with Crippen LogP contribution in [0.25, 0.3) is 61.3 Å². The fourth-order valence-electron chi connectivity index (χ4n) is 5.12. The Morgan fingerprint density at radius 2 is 1.21 bits per heavy atom. The summed E-state index contributed by atoms with van der Waals surface area (Å²) in [5.41, 5.74) is 10.7. The van der Waals surface area contributed by atoms with Crippen LogP contribution in [0.4, 0.5) is 0 Å². The Morgan fingerprint density at radius 1 is 0.526 bits per heavy atom. The van der Waals surface area contributed by atoms with Crippen LogP contribution in [0.5, 0.6) is 0 Å². The van der Waals surface area contributed by atoms with E-state index in [4.69, 9.17) is 9.97 Å². The van der Waals surface area contributed by atoms with Crippen molar-refractivity contribution in [2.24, 2.45) is 0 Å². The van der Waals surface area contributed by atoms with Crippen molar-refractivity contribution in [3.05, 3.63) is 138 Å². The van der Waals surface area contributed by atoms with Crippen LogP contribution in [-0.4, -0.2) is 14.5 Å². The normalized spacial score (nSPS) is 11.3. The van der Waals surface area contributed by atoms with Crippen molar-refractivity contribution in [3.63, 3.8) is 0 Å². The molecule has 3 aromatic heterocycles. The second kappa shape index (κ2) is 9.40. The molecule has 38 heavy (non-hydrogen) atoms. The van der Waals surface area contributed by atoms with Crippen molar-refractivity contribution in [3.8, 4) is 39.3 Å². The molecule has 0 aliphatic rings. The highest BCUT2D eigenvalue weighted by atomic mass is 79.9. The molecule has 3 heterocycles. The molecule has 0 amide bonds. The van der Waals surface area contributed by atoms with Gasteiger partial charge < -0.3 is 4.57 Å². The Labute approximate surface area is 229 Å². The zero-order valence-electron chi connectivity index (χ0n) is 20.4. The molecular formula is C34H22BrN3. The maximum absolute atomic E-state index is 5.04. The zero-order chi connectivity index (χ0) is 25.5. The summed E-state index contributed by atoms with van der Waals surface area (Å²) in [5.74, 6) is 0. The summed E-state index contributed by atoms with van der Waals surface area (Å²) < 4.78 is 3.34. The fraction of sp³-hybridized carbons (Fsp3) is 0. The number of rotatable bonds is 4. The summed E-state index contributed by atoms with van der Waals surface area (Å²) in [6.07, 6.45) is 1.86. The standard InChI is InChI=1S/C34H22BrN3/c35-27-16-17-29-33(22-27)38(32-15-8-18-36-34(29)32)28-14-7-13-25(19-28)26-20-30(23-9-3-1-4-10-23)37-31(21-26)24-11-5-2-6-12-24/h1-22H. The number of pyridine rings is 2. The molecule has 0 bridgehead atoms. The van der Waals surface area contributed by atoms with Crippen LogP contribution < -0.4 is 0 Å². The third-order valence-corrected chi connectivity index (χ3v) is 7.38. The lowest BCUT2D eigenvalue weighted by molar-refractivity contribution is 1.17. The summed E-state index contributed by atoms with van der Waals surface area (Å²) in [7, 11) is 0. The first-order valence-corrected chi connectivity index (χ1v) is 13.3. The lowest BCUT2D eigenvalue weighted by atomic mass is 9.99. The average molecular weight is 552 g/mol. The third-order valence-electron chi connectivity index (χ3n) is 6.89. The number of aromatic nitrogens is 3. The lowest BCUT2D eigenvalue weighted by Gasteiger charge is -2.13. The van der Waals surface area contributed by atoms with Gasteiger partial charge in [0.2, 0.25) is 0 Å². The second-order valence-corrected chi connectivity index (χ2v) is 10.2. The molecule has 0 saturated carbocycles. The molecule has 4 aromatic carbocycles. The van der Waals surface area contributed by atoms with Gasteiger partial charge in [-0.1, -0.05) is 88.7 Å². The molecule has 0 unspecified atom stereocenters. The van der Waals surface area contributed by atoms with Crippen LogP contribution >= 0.6 is 15.9 Å². The quantitative estimate of drug-likeness (QED) is 0.218. The third kappa shape index (κ3) is 4.00. The molecule has 7 rings (SSSR count). The van der Waals surface area contributed by atoms with Gasteiger partial charge in [-0.05, 0) is 65.7 Å². The van der Waals surface area contributed by atoms with E-state index in [1.165, 1.54) is 0 Å². The Hall–Kier alpha value is -4.54. The molecule has 0 fully saturated rings. The molecule has 0 spiro atoms. The minimum Gasteiger partial charge on any atom is -0.308 e. The summed E-state index contributed by atoms with van der Waals surface area (Å²) in [6, 6.07) is 44.3. The first-order valence-electron chi connectivity index (χ1n) is 12.5. The van der Waals surface area contributed by atoms with Crippen molar-refractivity contribution in [2.75, 3.05) is 0 Å². The molecule has 7 aromatic rings. The minimum atomic E-state index is 0.956. The van der Waals surface area contributed by atoms with Crippen LogP contribution in [0.15, 0.2) is 138 Å². The molecule has 4 heteroatoms. The number of hydrogen-bond acceptors (Lipinski definition) is 2. The lowest BCUT2D eigenvalue weighted by Crippen LogP contribution is -1.95. The molecule has 180 valence electrons. The van der Waals surface area contributed by atoms with Gasteiger partial charge in [-0.2, -0.15) is 0 Å². The van der Waals surface area contributed by atoms with Gasteiger partial charge in [-0.15, -0.1) is 0 Å². The van der Waals surface area contributed by atoms with E-state index in [1.54, 1.807) is 0 Å².